The molecule has 2 aromatic heterocycles. The number of hydrogen-bond donors (Lipinski definition) is 0. The van der Waals surface area contributed by atoms with E-state index in [0.717, 1.165) is 11.3 Å². The molecular weight excluding hydrogens is 415 g/mol. The van der Waals surface area contributed by atoms with Crippen molar-refractivity contribution in [1.82, 2.24) is 19.3 Å². The Bertz CT molecular complexity index is 1200. The average molecular weight is 437 g/mol. The number of aryl methyl sites for hydroxylation is 1. The molecule has 2 heterocycles. The minimum Gasteiger partial charge on any atom is -0.494 e. The minimum absolute atomic E-state index is 0.0387. The van der Waals surface area contributed by atoms with E-state index in [1.165, 1.54) is 17.8 Å². The maximum absolute atomic E-state index is 14.7. The molecule has 0 N–H and O–H groups in total. The highest BCUT2D eigenvalue weighted by molar-refractivity contribution is 7.99. The summed E-state index contributed by atoms with van der Waals surface area (Å²) in [5.74, 6) is 0.953. The number of Topliss-reactive ketones (excluding diaryl/α,β-unsaturated/α-hetero) is 1. The second-order valence-corrected chi connectivity index (χ2v) is 7.71. The van der Waals surface area contributed by atoms with Crippen molar-refractivity contribution < 1.29 is 13.9 Å². The van der Waals surface area contributed by atoms with Crippen LogP contribution in [0.3, 0.4) is 0 Å². The predicted molar refractivity (Wildman–Crippen MR) is 118 cm³/mol. The standard InChI is InChI=1S/C23H21FN4O2S/c1-3-30-17-12-10-16(11-13-17)22-25-26-23(28(22)19-8-5-4-7-18(19)24)31-15-21(29)20-9-6-14-27(20)2/h4-14H,3,15H2,1-2H3. The third kappa shape index (κ3) is 4.39. The summed E-state index contributed by atoms with van der Waals surface area (Å²) in [4.78, 5) is 12.6. The highest BCUT2D eigenvalue weighted by Gasteiger charge is 2.20. The third-order valence-electron chi connectivity index (χ3n) is 4.71. The van der Waals surface area contributed by atoms with E-state index in [1.54, 1.807) is 33.4 Å². The SMILES string of the molecule is CCOc1ccc(-c2nnc(SCC(=O)c3cccn3C)n2-c2ccccc2F)cc1. The van der Waals surface area contributed by atoms with Crippen LogP contribution in [0.15, 0.2) is 72.0 Å². The van der Waals surface area contributed by atoms with Crippen molar-refractivity contribution >= 4 is 17.5 Å². The quantitative estimate of drug-likeness (QED) is 0.294. The highest BCUT2D eigenvalue weighted by Crippen LogP contribution is 2.30. The first kappa shape index (κ1) is 20.9. The van der Waals surface area contributed by atoms with E-state index in [0.29, 0.717) is 29.0 Å². The molecule has 0 saturated carbocycles. The van der Waals surface area contributed by atoms with Crippen molar-refractivity contribution in [3.05, 3.63) is 78.4 Å². The largest absolute Gasteiger partial charge is 0.494 e. The van der Waals surface area contributed by atoms with Gasteiger partial charge < -0.3 is 9.30 Å². The molecule has 0 saturated heterocycles. The molecule has 8 heteroatoms. The van der Waals surface area contributed by atoms with Crippen molar-refractivity contribution in [3.63, 3.8) is 0 Å². The number of carbonyl (C=O) groups is 1. The van der Waals surface area contributed by atoms with Crippen LogP contribution in [-0.2, 0) is 7.05 Å². The van der Waals surface area contributed by atoms with Crippen molar-refractivity contribution in [2.75, 3.05) is 12.4 Å². The van der Waals surface area contributed by atoms with Crippen LogP contribution < -0.4 is 4.74 Å². The molecule has 0 unspecified atom stereocenters. The van der Waals surface area contributed by atoms with Gasteiger partial charge in [-0.05, 0) is 55.5 Å². The zero-order valence-corrected chi connectivity index (χ0v) is 18.0. The Morgan fingerprint density at radius 1 is 1.06 bits per heavy atom. The van der Waals surface area contributed by atoms with Crippen LogP contribution in [-0.4, -0.2) is 37.5 Å². The van der Waals surface area contributed by atoms with E-state index >= 15 is 0 Å². The van der Waals surface area contributed by atoms with E-state index in [9.17, 15) is 9.18 Å². The number of ether oxygens (including phenoxy) is 1. The van der Waals surface area contributed by atoms with Crippen molar-refractivity contribution in [2.45, 2.75) is 12.1 Å². The summed E-state index contributed by atoms with van der Waals surface area (Å²) in [6, 6.07) is 17.4. The number of para-hydroxylation sites is 1. The van der Waals surface area contributed by atoms with Gasteiger partial charge in [0.15, 0.2) is 16.8 Å². The molecule has 0 aliphatic carbocycles. The lowest BCUT2D eigenvalue weighted by Crippen LogP contribution is -2.09. The molecule has 6 nitrogen and oxygen atoms in total. The summed E-state index contributed by atoms with van der Waals surface area (Å²) >= 11 is 1.23. The molecule has 4 rings (SSSR count). The highest BCUT2D eigenvalue weighted by atomic mass is 32.2. The number of nitrogens with zero attached hydrogens (tertiary/aromatic N) is 4. The van der Waals surface area contributed by atoms with E-state index in [4.69, 9.17) is 4.74 Å². The average Bonchev–Trinajstić information content (AvgIpc) is 3.39. The zero-order chi connectivity index (χ0) is 21.8. The van der Waals surface area contributed by atoms with E-state index in [1.807, 2.05) is 50.5 Å². The van der Waals surface area contributed by atoms with Gasteiger partial charge in [-0.25, -0.2) is 4.39 Å². The summed E-state index contributed by atoms with van der Waals surface area (Å²) in [5.41, 5.74) is 1.70. The normalized spacial score (nSPS) is 10.9. The van der Waals surface area contributed by atoms with Gasteiger partial charge in [0.25, 0.3) is 0 Å². The van der Waals surface area contributed by atoms with Crippen LogP contribution in [0.4, 0.5) is 4.39 Å². The van der Waals surface area contributed by atoms with Crippen molar-refractivity contribution in [2.24, 2.45) is 7.05 Å². The van der Waals surface area contributed by atoms with E-state index < -0.39 is 5.82 Å². The van der Waals surface area contributed by atoms with Crippen LogP contribution >= 0.6 is 11.8 Å². The molecule has 0 aliphatic heterocycles. The second-order valence-electron chi connectivity index (χ2n) is 6.77. The molecule has 0 bridgehead atoms. The van der Waals surface area contributed by atoms with Gasteiger partial charge >= 0.3 is 0 Å². The molecule has 0 atom stereocenters. The summed E-state index contributed by atoms with van der Waals surface area (Å²) < 4.78 is 23.6. The van der Waals surface area contributed by atoms with Crippen LogP contribution in [0.5, 0.6) is 5.75 Å². The first-order chi connectivity index (χ1) is 15.1. The third-order valence-corrected chi connectivity index (χ3v) is 5.64. The smallest absolute Gasteiger partial charge is 0.196 e. The summed E-state index contributed by atoms with van der Waals surface area (Å²) in [6.45, 7) is 2.49. The van der Waals surface area contributed by atoms with Crippen molar-refractivity contribution in [1.29, 1.82) is 0 Å². The van der Waals surface area contributed by atoms with Gasteiger partial charge in [0, 0.05) is 18.8 Å². The number of thioether (sulfide) groups is 1. The van der Waals surface area contributed by atoms with Gasteiger partial charge in [0.1, 0.15) is 11.6 Å². The molecule has 0 fully saturated rings. The summed E-state index contributed by atoms with van der Waals surface area (Å²) in [5, 5.41) is 9.01. The molecule has 4 aromatic rings. The van der Waals surface area contributed by atoms with Crippen LogP contribution in [0.25, 0.3) is 17.1 Å². The zero-order valence-electron chi connectivity index (χ0n) is 17.2. The number of rotatable bonds is 8. The molecule has 0 spiro atoms. The Labute approximate surface area is 183 Å². The number of benzene rings is 2. The number of ketones is 1. The monoisotopic (exact) mass is 436 g/mol. The Balaban J connectivity index is 1.70. The Morgan fingerprint density at radius 3 is 2.52 bits per heavy atom. The predicted octanol–water partition coefficient (Wildman–Crippen LogP) is 4.79. The van der Waals surface area contributed by atoms with Crippen LogP contribution in [0.1, 0.15) is 17.4 Å². The minimum atomic E-state index is -0.398. The van der Waals surface area contributed by atoms with E-state index in [2.05, 4.69) is 10.2 Å². The molecule has 0 radical (unpaired) electrons. The van der Waals surface area contributed by atoms with Crippen LogP contribution in [0, 0.1) is 5.82 Å². The lowest BCUT2D eigenvalue weighted by Gasteiger charge is -2.11. The molecule has 2 aromatic carbocycles. The number of carbonyl (C=O) groups excluding carboxylic acids is 1. The Kier molecular flexibility index (Phi) is 6.18. The molecule has 31 heavy (non-hydrogen) atoms. The number of hydrogen-bond acceptors (Lipinski definition) is 5. The Hall–Kier alpha value is -3.39. The summed E-state index contributed by atoms with van der Waals surface area (Å²) in [7, 11) is 1.82. The Morgan fingerprint density at radius 2 is 1.84 bits per heavy atom. The molecule has 0 aliphatic rings. The van der Waals surface area contributed by atoms with Gasteiger partial charge in [-0.3, -0.25) is 9.36 Å². The maximum atomic E-state index is 14.7. The fourth-order valence-corrected chi connectivity index (χ4v) is 4.04. The van der Waals surface area contributed by atoms with Crippen molar-refractivity contribution in [3.8, 4) is 22.8 Å². The van der Waals surface area contributed by atoms with Crippen LogP contribution in [0.2, 0.25) is 0 Å². The van der Waals surface area contributed by atoms with Gasteiger partial charge in [-0.2, -0.15) is 0 Å². The lowest BCUT2D eigenvalue weighted by atomic mass is 10.2. The fraction of sp³-hybridized carbons (Fsp3) is 0.174. The first-order valence-corrected chi connectivity index (χ1v) is 10.8. The number of halogens is 1. The molecule has 0 amide bonds. The fourth-order valence-electron chi connectivity index (χ4n) is 3.22. The van der Waals surface area contributed by atoms with Gasteiger partial charge in [0.2, 0.25) is 0 Å². The maximum Gasteiger partial charge on any atom is 0.196 e. The number of aromatic nitrogens is 4. The van der Waals surface area contributed by atoms with Gasteiger partial charge in [-0.1, -0.05) is 23.9 Å². The van der Waals surface area contributed by atoms with Gasteiger partial charge in [-0.15, -0.1) is 10.2 Å². The topological polar surface area (TPSA) is 61.9 Å². The first-order valence-electron chi connectivity index (χ1n) is 9.79. The molecular formula is C23H21FN4O2S. The molecule has 158 valence electrons. The van der Waals surface area contributed by atoms with Gasteiger partial charge in [0.05, 0.1) is 23.7 Å². The van der Waals surface area contributed by atoms with E-state index in [-0.39, 0.29) is 11.5 Å². The lowest BCUT2D eigenvalue weighted by molar-refractivity contribution is 0.101. The summed E-state index contributed by atoms with van der Waals surface area (Å²) in [6.07, 6.45) is 1.82. The second kappa shape index (κ2) is 9.18.